The average Bonchev–Trinajstić information content (AvgIpc) is 3.04. The van der Waals surface area contributed by atoms with Gasteiger partial charge in [0.2, 0.25) is 0 Å². The van der Waals surface area contributed by atoms with Gasteiger partial charge in [0, 0.05) is 17.2 Å². The van der Waals surface area contributed by atoms with E-state index in [4.69, 9.17) is 4.74 Å². The maximum atomic E-state index is 12.2. The molecule has 0 spiro atoms. The number of fused-ring (bicyclic) bond motifs is 1. The van der Waals surface area contributed by atoms with Crippen molar-refractivity contribution >= 4 is 21.9 Å². The van der Waals surface area contributed by atoms with Crippen molar-refractivity contribution in [2.75, 3.05) is 26.7 Å². The lowest BCUT2D eigenvalue weighted by Gasteiger charge is -2.51. The van der Waals surface area contributed by atoms with E-state index in [9.17, 15) is 4.79 Å². The molecule has 3 fully saturated rings. The second-order valence-corrected chi connectivity index (χ2v) is 8.68. The first-order valence-corrected chi connectivity index (χ1v) is 9.03. The van der Waals surface area contributed by atoms with Crippen molar-refractivity contribution in [2.45, 2.75) is 56.3 Å². The van der Waals surface area contributed by atoms with E-state index in [-0.39, 0.29) is 11.4 Å². The minimum Gasteiger partial charge on any atom is -0.465 e. The first-order chi connectivity index (χ1) is 9.46. The van der Waals surface area contributed by atoms with Crippen molar-refractivity contribution in [1.82, 2.24) is 0 Å². The van der Waals surface area contributed by atoms with E-state index in [2.05, 4.69) is 23.0 Å². The predicted octanol–water partition coefficient (Wildman–Crippen LogP) is 3.11. The molecule has 0 aromatic carbocycles. The molecule has 5 atom stereocenters. The van der Waals surface area contributed by atoms with Gasteiger partial charge in [-0.15, -0.1) is 0 Å². The maximum absolute atomic E-state index is 12.2. The van der Waals surface area contributed by atoms with Crippen molar-refractivity contribution in [2.24, 2.45) is 11.3 Å². The minimum atomic E-state index is -0.251. The van der Waals surface area contributed by atoms with Crippen LogP contribution in [-0.4, -0.2) is 48.1 Å². The topological polar surface area (TPSA) is 26.3 Å². The zero-order chi connectivity index (χ0) is 14.4. The molecule has 4 heteroatoms. The Morgan fingerprint density at radius 2 is 2.00 bits per heavy atom. The van der Waals surface area contributed by atoms with E-state index in [0.29, 0.717) is 17.4 Å². The minimum absolute atomic E-state index is 0.00922. The Hall–Kier alpha value is -0.0900. The van der Waals surface area contributed by atoms with E-state index < -0.39 is 0 Å². The number of quaternary nitrogens is 1. The van der Waals surface area contributed by atoms with Crippen molar-refractivity contribution < 1.29 is 14.0 Å². The van der Waals surface area contributed by atoms with E-state index in [1.54, 1.807) is 0 Å². The largest absolute Gasteiger partial charge is 0.465 e. The van der Waals surface area contributed by atoms with Gasteiger partial charge in [-0.2, -0.15) is 0 Å². The molecular formula is C16H27BrNO2+. The van der Waals surface area contributed by atoms with Crippen LogP contribution in [0.5, 0.6) is 0 Å². The molecule has 20 heavy (non-hydrogen) atoms. The fourth-order valence-corrected chi connectivity index (χ4v) is 5.16. The van der Waals surface area contributed by atoms with Crippen molar-refractivity contribution in [3.05, 3.63) is 0 Å². The molecule has 114 valence electrons. The first-order valence-electron chi connectivity index (χ1n) is 8.11. The standard InChI is InChI=1S/C16H27BrNO2/c1-16(10-14(16)17)15(19)20-11-12-6-5-9-18(2)8-4-3-7-13(12)18/h12-14H,3-11H2,1-2H3/q+1/t12-,13+,14+,16-,18+/m0/s1. The Balaban J connectivity index is 1.58. The zero-order valence-electron chi connectivity index (χ0n) is 12.7. The van der Waals surface area contributed by atoms with E-state index in [1.165, 1.54) is 49.7 Å². The van der Waals surface area contributed by atoms with E-state index in [0.717, 1.165) is 12.5 Å². The van der Waals surface area contributed by atoms with Crippen molar-refractivity contribution in [3.63, 3.8) is 0 Å². The second-order valence-electron chi connectivity index (χ2n) is 7.58. The number of esters is 1. The Labute approximate surface area is 130 Å². The number of halogens is 1. The maximum Gasteiger partial charge on any atom is 0.312 e. The number of alkyl halides is 1. The molecule has 0 unspecified atom stereocenters. The second kappa shape index (κ2) is 5.28. The summed E-state index contributed by atoms with van der Waals surface area (Å²) >= 11 is 3.53. The molecule has 1 saturated carbocycles. The number of ether oxygens (including phenoxy) is 1. The summed E-state index contributed by atoms with van der Waals surface area (Å²) in [6.07, 6.45) is 7.48. The highest BCUT2D eigenvalue weighted by atomic mass is 79.9. The summed E-state index contributed by atoms with van der Waals surface area (Å²) in [5.74, 6) is 0.587. The van der Waals surface area contributed by atoms with Gasteiger partial charge in [-0.3, -0.25) is 4.79 Å². The van der Waals surface area contributed by atoms with Crippen LogP contribution < -0.4 is 0 Å². The van der Waals surface area contributed by atoms with Crippen LogP contribution in [0.3, 0.4) is 0 Å². The number of nitrogens with zero attached hydrogens (tertiary/aromatic N) is 1. The fourth-order valence-electron chi connectivity index (χ4n) is 4.30. The van der Waals surface area contributed by atoms with Crippen LogP contribution in [0.15, 0.2) is 0 Å². The molecule has 2 saturated heterocycles. The van der Waals surface area contributed by atoms with Crippen LogP contribution in [0.1, 0.15) is 45.4 Å². The van der Waals surface area contributed by atoms with Crippen LogP contribution in [0.4, 0.5) is 0 Å². The van der Waals surface area contributed by atoms with Gasteiger partial charge in [-0.05, 0) is 39.0 Å². The molecule has 2 aliphatic heterocycles. The van der Waals surface area contributed by atoms with E-state index >= 15 is 0 Å². The van der Waals surface area contributed by atoms with Gasteiger partial charge in [-0.1, -0.05) is 15.9 Å². The molecule has 0 bridgehead atoms. The zero-order valence-corrected chi connectivity index (χ0v) is 14.3. The molecular weight excluding hydrogens is 318 g/mol. The monoisotopic (exact) mass is 344 g/mol. The number of carbonyl (C=O) groups is 1. The van der Waals surface area contributed by atoms with Gasteiger partial charge in [0.25, 0.3) is 0 Å². The molecule has 2 heterocycles. The van der Waals surface area contributed by atoms with Crippen molar-refractivity contribution in [3.8, 4) is 0 Å². The lowest BCUT2D eigenvalue weighted by Crippen LogP contribution is -2.61. The third-order valence-electron chi connectivity index (χ3n) is 6.04. The van der Waals surface area contributed by atoms with Gasteiger partial charge in [-0.25, -0.2) is 0 Å². The highest BCUT2D eigenvalue weighted by Crippen LogP contribution is 2.52. The third kappa shape index (κ3) is 2.54. The summed E-state index contributed by atoms with van der Waals surface area (Å²) in [4.78, 5) is 12.5. The summed E-state index contributed by atoms with van der Waals surface area (Å²) in [6.45, 7) is 5.29. The van der Waals surface area contributed by atoms with Crippen LogP contribution in [0, 0.1) is 11.3 Å². The lowest BCUT2D eigenvalue weighted by atomic mass is 9.82. The van der Waals surface area contributed by atoms with Crippen LogP contribution in [-0.2, 0) is 9.53 Å². The molecule has 3 rings (SSSR count). The smallest absolute Gasteiger partial charge is 0.312 e. The SMILES string of the molecule is C[C@]1(C(=O)OC[C@@H]2CCC[N@@+]3(C)CCCC[C@H]23)C[C@H]1Br. The number of carbonyl (C=O) groups excluding carboxylic acids is 1. The highest BCUT2D eigenvalue weighted by Gasteiger charge is 2.56. The predicted molar refractivity (Wildman–Crippen MR) is 82.7 cm³/mol. The van der Waals surface area contributed by atoms with Crippen LogP contribution in [0.25, 0.3) is 0 Å². The van der Waals surface area contributed by atoms with Gasteiger partial charge < -0.3 is 9.22 Å². The number of hydrogen-bond donors (Lipinski definition) is 0. The number of hydrogen-bond acceptors (Lipinski definition) is 2. The normalized spacial score (nSPS) is 47.5. The Kier molecular flexibility index (Phi) is 3.91. The summed E-state index contributed by atoms with van der Waals surface area (Å²) in [7, 11) is 2.41. The molecule has 0 N–H and O–H groups in total. The number of piperidine rings is 2. The van der Waals surface area contributed by atoms with Gasteiger partial charge in [0.15, 0.2) is 0 Å². The Bertz CT molecular complexity index is 398. The van der Waals surface area contributed by atoms with E-state index in [1.807, 2.05) is 6.92 Å². The number of rotatable bonds is 3. The summed E-state index contributed by atoms with van der Waals surface area (Å²) < 4.78 is 6.92. The summed E-state index contributed by atoms with van der Waals surface area (Å²) in [5, 5.41) is 0. The molecule has 0 aromatic heterocycles. The average molecular weight is 345 g/mol. The van der Waals surface area contributed by atoms with Crippen LogP contribution >= 0.6 is 15.9 Å². The fraction of sp³-hybridized carbons (Fsp3) is 0.938. The Morgan fingerprint density at radius 3 is 2.70 bits per heavy atom. The van der Waals surface area contributed by atoms with Crippen molar-refractivity contribution in [1.29, 1.82) is 0 Å². The third-order valence-corrected chi connectivity index (χ3v) is 7.37. The van der Waals surface area contributed by atoms with Crippen LogP contribution in [0.2, 0.25) is 0 Å². The first kappa shape index (κ1) is 14.8. The molecule has 3 aliphatic rings. The molecule has 3 nitrogen and oxygen atoms in total. The molecule has 0 amide bonds. The molecule has 0 aromatic rings. The summed E-state index contributed by atoms with van der Waals surface area (Å²) in [5.41, 5.74) is -0.251. The molecule has 0 radical (unpaired) electrons. The van der Waals surface area contributed by atoms with Gasteiger partial charge in [0.1, 0.15) is 0 Å². The highest BCUT2D eigenvalue weighted by molar-refractivity contribution is 9.09. The lowest BCUT2D eigenvalue weighted by molar-refractivity contribution is -0.947. The van der Waals surface area contributed by atoms with Gasteiger partial charge in [0.05, 0.1) is 38.2 Å². The molecule has 1 aliphatic carbocycles. The van der Waals surface area contributed by atoms with Gasteiger partial charge >= 0.3 is 5.97 Å². The Morgan fingerprint density at radius 1 is 1.30 bits per heavy atom. The summed E-state index contributed by atoms with van der Waals surface area (Å²) in [6, 6.07) is 0.720. The quantitative estimate of drug-likeness (QED) is 0.446.